The molecule has 2 aliphatic heterocycles. The van der Waals surface area contributed by atoms with Crippen molar-refractivity contribution in [2.24, 2.45) is 4.99 Å². The second kappa shape index (κ2) is 6.79. The summed E-state index contributed by atoms with van der Waals surface area (Å²) in [6.45, 7) is 6.58. The molecule has 0 radical (unpaired) electrons. The molecular weight excluding hydrogens is 389 g/mol. The molecule has 1 aromatic heterocycles. The van der Waals surface area contributed by atoms with E-state index in [9.17, 15) is 9.18 Å². The van der Waals surface area contributed by atoms with Crippen LogP contribution in [-0.4, -0.2) is 27.0 Å². The number of thioether (sulfide) groups is 1. The van der Waals surface area contributed by atoms with Crippen LogP contribution in [0.2, 0.25) is 5.02 Å². The van der Waals surface area contributed by atoms with E-state index in [1.165, 1.54) is 17.8 Å². The number of hydrogen-bond donors (Lipinski definition) is 1. The van der Waals surface area contributed by atoms with Crippen molar-refractivity contribution in [3.05, 3.63) is 50.5 Å². The van der Waals surface area contributed by atoms with E-state index in [1.54, 1.807) is 12.1 Å². The normalized spacial score (nSPS) is 24.4. The van der Waals surface area contributed by atoms with Gasteiger partial charge in [-0.05, 0) is 39.7 Å². The van der Waals surface area contributed by atoms with E-state index in [0.29, 0.717) is 23.6 Å². The lowest BCUT2D eigenvalue weighted by atomic mass is 9.94. The van der Waals surface area contributed by atoms with Gasteiger partial charge in [0.1, 0.15) is 5.82 Å². The highest BCUT2D eigenvalue weighted by atomic mass is 35.5. The molecule has 0 unspecified atom stereocenters. The van der Waals surface area contributed by atoms with Crippen molar-refractivity contribution < 1.29 is 9.13 Å². The molecule has 5 nitrogen and oxygen atoms in total. The van der Waals surface area contributed by atoms with Crippen molar-refractivity contribution in [1.82, 2.24) is 9.78 Å². The maximum Gasteiger partial charge on any atom is 0.271 e. The van der Waals surface area contributed by atoms with Gasteiger partial charge >= 0.3 is 0 Å². The molecule has 0 amide bonds. The summed E-state index contributed by atoms with van der Waals surface area (Å²) in [5.41, 5.74) is 0.384. The fourth-order valence-electron chi connectivity index (χ4n) is 3.84. The van der Waals surface area contributed by atoms with Crippen molar-refractivity contribution in [2.75, 3.05) is 6.61 Å². The Morgan fingerprint density at radius 1 is 1.44 bits per heavy atom. The molecule has 3 heterocycles. The summed E-state index contributed by atoms with van der Waals surface area (Å²) in [7, 11) is 0. The van der Waals surface area contributed by atoms with Crippen molar-refractivity contribution in [3.63, 3.8) is 0 Å². The van der Waals surface area contributed by atoms with Crippen molar-refractivity contribution >= 4 is 34.2 Å². The maximum absolute atomic E-state index is 14.7. The molecule has 144 valence electrons. The zero-order valence-corrected chi connectivity index (χ0v) is 17.0. The third kappa shape index (κ3) is 3.37. The number of aromatic amines is 1. The smallest absolute Gasteiger partial charge is 0.271 e. The fraction of sp³-hybridized carbons (Fsp3) is 0.474. The Kier molecular flexibility index (Phi) is 4.72. The number of nitrogens with one attached hydrogen (secondary N) is 1. The second-order valence-corrected chi connectivity index (χ2v) is 9.28. The topological polar surface area (TPSA) is 59.4 Å². The van der Waals surface area contributed by atoms with Gasteiger partial charge in [-0.1, -0.05) is 35.5 Å². The van der Waals surface area contributed by atoms with Gasteiger partial charge in [-0.2, -0.15) is 0 Å². The van der Waals surface area contributed by atoms with Gasteiger partial charge in [0.25, 0.3) is 5.56 Å². The molecule has 27 heavy (non-hydrogen) atoms. The minimum Gasteiger partial charge on any atom is -0.375 e. The Morgan fingerprint density at radius 2 is 2.22 bits per heavy atom. The third-order valence-corrected chi connectivity index (χ3v) is 6.50. The maximum atomic E-state index is 14.7. The molecule has 2 atom stereocenters. The molecule has 0 saturated carbocycles. The number of hydrogen-bond acceptors (Lipinski definition) is 4. The molecule has 1 aromatic carbocycles. The zero-order chi connectivity index (χ0) is 19.3. The first-order valence-electron chi connectivity index (χ1n) is 8.91. The highest BCUT2D eigenvalue weighted by molar-refractivity contribution is 8.14. The number of benzene rings is 1. The van der Waals surface area contributed by atoms with Crippen LogP contribution in [0.1, 0.15) is 56.0 Å². The molecule has 4 rings (SSSR count). The lowest BCUT2D eigenvalue weighted by Gasteiger charge is -2.36. The van der Waals surface area contributed by atoms with Gasteiger partial charge in [0.2, 0.25) is 0 Å². The van der Waals surface area contributed by atoms with E-state index in [2.05, 4.69) is 10.1 Å². The Hall–Kier alpha value is -1.57. The molecule has 0 spiro atoms. The minimum atomic E-state index is -0.489. The van der Waals surface area contributed by atoms with Crippen molar-refractivity contribution in [1.29, 1.82) is 0 Å². The number of fused-ring (bicyclic) bond motifs is 1. The van der Waals surface area contributed by atoms with E-state index in [4.69, 9.17) is 16.3 Å². The van der Waals surface area contributed by atoms with Gasteiger partial charge < -0.3 is 4.74 Å². The lowest BCUT2D eigenvalue weighted by molar-refractivity contribution is -0.0705. The summed E-state index contributed by atoms with van der Waals surface area (Å²) < 4.78 is 22.3. The average Bonchev–Trinajstić information content (AvgIpc) is 2.92. The van der Waals surface area contributed by atoms with E-state index in [1.807, 2.05) is 25.5 Å². The summed E-state index contributed by atoms with van der Waals surface area (Å²) in [4.78, 5) is 17.5. The van der Waals surface area contributed by atoms with Crippen LogP contribution in [0.5, 0.6) is 0 Å². The van der Waals surface area contributed by atoms with E-state index < -0.39 is 11.1 Å². The van der Waals surface area contributed by atoms with Crippen LogP contribution in [0.4, 0.5) is 10.2 Å². The van der Waals surface area contributed by atoms with Gasteiger partial charge in [-0.25, -0.2) is 9.38 Å². The monoisotopic (exact) mass is 409 g/mol. The summed E-state index contributed by atoms with van der Waals surface area (Å²) in [5, 5.41) is 3.30. The number of ether oxygens (including phenoxy) is 1. The molecule has 1 saturated heterocycles. The Morgan fingerprint density at radius 3 is 2.96 bits per heavy atom. The minimum absolute atomic E-state index is 0.0526. The Bertz CT molecular complexity index is 982. The van der Waals surface area contributed by atoms with E-state index >= 15 is 0 Å². The highest BCUT2D eigenvalue weighted by Gasteiger charge is 2.36. The summed E-state index contributed by atoms with van der Waals surface area (Å²) in [6.07, 6.45) is 1.56. The van der Waals surface area contributed by atoms with Gasteiger partial charge in [-0.3, -0.25) is 14.6 Å². The molecular formula is C19H21ClFN3O2S. The van der Waals surface area contributed by atoms with Crippen LogP contribution in [0.3, 0.4) is 0 Å². The summed E-state index contributed by atoms with van der Waals surface area (Å²) in [5.74, 6) is 0.0972. The summed E-state index contributed by atoms with van der Waals surface area (Å²) >= 11 is 7.35. The number of H-pyrrole nitrogens is 1. The van der Waals surface area contributed by atoms with Gasteiger partial charge in [0.05, 0.1) is 32.5 Å². The average molecular weight is 410 g/mol. The first kappa shape index (κ1) is 18.8. The Labute approximate surface area is 165 Å². The highest BCUT2D eigenvalue weighted by Crippen LogP contribution is 2.46. The van der Waals surface area contributed by atoms with Crippen LogP contribution >= 0.6 is 23.4 Å². The van der Waals surface area contributed by atoms with Gasteiger partial charge in [0, 0.05) is 12.2 Å². The summed E-state index contributed by atoms with van der Waals surface area (Å²) in [6, 6.07) is 4.97. The van der Waals surface area contributed by atoms with Crippen molar-refractivity contribution in [2.45, 2.75) is 50.5 Å². The van der Waals surface area contributed by atoms with Crippen LogP contribution in [0, 0.1) is 5.82 Å². The lowest BCUT2D eigenvalue weighted by Crippen LogP contribution is -2.35. The molecule has 1 N–H and O–H groups in total. The molecule has 2 aromatic rings. The van der Waals surface area contributed by atoms with Gasteiger partial charge in [-0.15, -0.1) is 0 Å². The second-order valence-electron chi connectivity index (χ2n) is 7.57. The largest absolute Gasteiger partial charge is 0.375 e. The molecule has 1 fully saturated rings. The van der Waals surface area contributed by atoms with Gasteiger partial charge in [0.15, 0.2) is 5.82 Å². The molecule has 0 bridgehead atoms. The van der Waals surface area contributed by atoms with Crippen molar-refractivity contribution in [3.8, 4) is 0 Å². The first-order chi connectivity index (χ1) is 12.8. The number of halogens is 2. The molecule has 8 heteroatoms. The fourth-order valence-corrected chi connectivity index (χ4v) is 5.14. The quantitative estimate of drug-likeness (QED) is 0.760. The third-order valence-electron chi connectivity index (χ3n) is 5.05. The van der Waals surface area contributed by atoms with Crippen LogP contribution in [-0.2, 0) is 4.74 Å². The number of nitrogens with zero attached hydrogens (tertiary/aromatic N) is 2. The van der Waals surface area contributed by atoms with E-state index in [0.717, 1.165) is 17.9 Å². The van der Waals surface area contributed by atoms with Crippen LogP contribution in [0.15, 0.2) is 28.0 Å². The van der Waals surface area contributed by atoms with E-state index in [-0.39, 0.29) is 22.2 Å². The predicted molar refractivity (Wildman–Crippen MR) is 107 cm³/mol. The Balaban J connectivity index is 1.83. The molecule has 2 aliphatic rings. The predicted octanol–water partition coefficient (Wildman–Crippen LogP) is 4.99. The van der Waals surface area contributed by atoms with Crippen LogP contribution < -0.4 is 5.56 Å². The zero-order valence-electron chi connectivity index (χ0n) is 15.4. The standard InChI is InChI=1S/C19H21ClFN3O2S/c1-10-22-17-14(16(27-10)12-5-4-6-13(20)15(12)21)18(25)23-24(17)11-7-8-26-19(2,3)9-11/h4-6,11,16H,7-9H2,1-3H3,(H,23,25)/t11-,16-/m1/s1. The molecule has 0 aliphatic carbocycles. The number of aromatic nitrogens is 2. The SMILES string of the molecule is CC1=Nc2c(c(=O)[nH]n2[C@@H]2CCOC(C)(C)C2)[C@@H](c2cccc(Cl)c2F)S1. The first-order valence-corrected chi connectivity index (χ1v) is 10.2. The number of aliphatic imine (C=N–C) groups is 1. The number of rotatable bonds is 2. The van der Waals surface area contributed by atoms with Crippen LogP contribution in [0.25, 0.3) is 0 Å².